The number of aliphatic hydroxyl groups excluding tert-OH is 1. The Kier molecular flexibility index (Phi) is 3.95. The molecule has 9 heteroatoms. The topological polar surface area (TPSA) is 132 Å². The quantitative estimate of drug-likeness (QED) is 0.425. The van der Waals surface area contributed by atoms with Crippen molar-refractivity contribution in [3.63, 3.8) is 0 Å². The lowest BCUT2D eigenvalue weighted by Crippen LogP contribution is -2.73. The lowest BCUT2D eigenvalue weighted by Gasteiger charge is -2.64. The van der Waals surface area contributed by atoms with Gasteiger partial charge in [0.25, 0.3) is 0 Å². The molecule has 4 heterocycles. The molecule has 3 saturated heterocycles. The van der Waals surface area contributed by atoms with Gasteiger partial charge in [0.15, 0.2) is 11.9 Å². The first-order valence-corrected chi connectivity index (χ1v) is 12.0. The first kappa shape index (κ1) is 22.6. The van der Waals surface area contributed by atoms with E-state index in [1.807, 2.05) is 34.6 Å². The van der Waals surface area contributed by atoms with Crippen LogP contribution in [0.5, 0.6) is 0 Å². The van der Waals surface area contributed by atoms with Crippen molar-refractivity contribution in [3.8, 4) is 0 Å². The highest BCUT2D eigenvalue weighted by Gasteiger charge is 2.90. The van der Waals surface area contributed by atoms with Gasteiger partial charge in [-0.25, -0.2) is 9.59 Å². The van der Waals surface area contributed by atoms with Crippen LogP contribution >= 0.6 is 0 Å². The molecule has 0 bridgehead atoms. The number of epoxide rings is 1. The van der Waals surface area contributed by atoms with Gasteiger partial charge < -0.3 is 29.2 Å². The van der Waals surface area contributed by atoms with E-state index >= 15 is 0 Å². The zero-order chi connectivity index (χ0) is 24.9. The SMILES string of the molecule is CC1(C)O[C@@](C)(O)[C@@]2(C)[C@@H]1CC(=O)[C@]1(C)[C@@H]2CC[C@@]2(C)[C@H](C3=C[C@@H](O)OC3=O)OC(=O)[C@H]3O[C@]321. The summed E-state index contributed by atoms with van der Waals surface area (Å²) >= 11 is 0. The number of hydrogen-bond acceptors (Lipinski definition) is 9. The third-order valence-electron chi connectivity index (χ3n) is 10.7. The van der Waals surface area contributed by atoms with Crippen LogP contribution in [0.2, 0.25) is 0 Å². The first-order valence-electron chi connectivity index (χ1n) is 12.0. The Labute approximate surface area is 197 Å². The van der Waals surface area contributed by atoms with Crippen LogP contribution in [0.3, 0.4) is 0 Å². The molecule has 2 saturated carbocycles. The Morgan fingerprint density at radius 1 is 0.971 bits per heavy atom. The maximum absolute atomic E-state index is 14.1. The molecule has 0 aromatic carbocycles. The normalized spacial score (nSPS) is 57.0. The van der Waals surface area contributed by atoms with Gasteiger partial charge in [0.2, 0.25) is 6.29 Å². The lowest BCUT2D eigenvalue weighted by molar-refractivity contribution is -0.271. The van der Waals surface area contributed by atoms with E-state index in [4.69, 9.17) is 18.9 Å². The highest BCUT2D eigenvalue weighted by atomic mass is 16.7. The zero-order valence-corrected chi connectivity index (χ0v) is 20.3. The second kappa shape index (κ2) is 5.94. The molecule has 1 spiro atoms. The molecule has 34 heavy (non-hydrogen) atoms. The summed E-state index contributed by atoms with van der Waals surface area (Å²) in [5, 5.41) is 21.4. The van der Waals surface area contributed by atoms with E-state index in [2.05, 4.69) is 0 Å². The average Bonchev–Trinajstić information content (AvgIpc) is 3.37. The van der Waals surface area contributed by atoms with Crippen molar-refractivity contribution in [2.24, 2.45) is 28.1 Å². The molecular formula is C25H32O9. The molecule has 6 rings (SSSR count). The van der Waals surface area contributed by atoms with Crippen molar-refractivity contribution in [2.45, 2.75) is 96.3 Å². The van der Waals surface area contributed by atoms with Gasteiger partial charge in [0.1, 0.15) is 17.5 Å². The predicted octanol–water partition coefficient (Wildman–Crippen LogP) is 1.39. The summed E-state index contributed by atoms with van der Waals surface area (Å²) in [6.45, 7) is 11.2. The summed E-state index contributed by atoms with van der Waals surface area (Å²) in [5.41, 5.74) is -4.65. The number of ether oxygens (including phenoxy) is 4. The Morgan fingerprint density at radius 3 is 2.26 bits per heavy atom. The van der Waals surface area contributed by atoms with E-state index in [0.717, 1.165) is 0 Å². The molecule has 0 aromatic rings. The number of carbonyl (C=O) groups is 3. The van der Waals surface area contributed by atoms with Crippen LogP contribution in [0.1, 0.15) is 60.8 Å². The predicted molar refractivity (Wildman–Crippen MR) is 114 cm³/mol. The van der Waals surface area contributed by atoms with Crippen LogP contribution in [0.15, 0.2) is 11.6 Å². The largest absolute Gasteiger partial charge is 0.454 e. The lowest BCUT2D eigenvalue weighted by atomic mass is 9.37. The van der Waals surface area contributed by atoms with Crippen molar-refractivity contribution in [3.05, 3.63) is 11.6 Å². The van der Waals surface area contributed by atoms with Gasteiger partial charge in [-0.05, 0) is 52.5 Å². The van der Waals surface area contributed by atoms with Crippen molar-refractivity contribution in [1.82, 2.24) is 0 Å². The zero-order valence-electron chi connectivity index (χ0n) is 20.3. The molecule has 2 aliphatic carbocycles. The Morgan fingerprint density at radius 2 is 1.65 bits per heavy atom. The van der Waals surface area contributed by atoms with E-state index in [0.29, 0.717) is 12.8 Å². The van der Waals surface area contributed by atoms with Gasteiger partial charge in [-0.2, -0.15) is 0 Å². The van der Waals surface area contributed by atoms with E-state index < -0.39 is 63.7 Å². The summed E-state index contributed by atoms with van der Waals surface area (Å²) in [7, 11) is 0. The minimum Gasteiger partial charge on any atom is -0.454 e. The highest BCUT2D eigenvalue weighted by Crippen LogP contribution is 2.79. The maximum Gasteiger partial charge on any atom is 0.340 e. The minimum atomic E-state index is -1.49. The fraction of sp³-hybridized carbons (Fsp3) is 0.800. The highest BCUT2D eigenvalue weighted by molar-refractivity contribution is 5.96. The number of ketones is 1. The number of carbonyl (C=O) groups excluding carboxylic acids is 3. The standard InChI is InChI=1S/C25H32O9/c1-20(2)13-10-14(26)23(5)12(22(13,4)24(6,30)34-20)7-8-21(3)16(11-9-15(27)31-18(11)28)32-19(29)17-25(21,23)33-17/h9,12-13,15-17,27,30H,7-8,10H2,1-6H3/t12-,13-,15+,16+,17-,21+,22-,23+,24-,25-/m1/s1. The van der Waals surface area contributed by atoms with Crippen LogP contribution < -0.4 is 0 Å². The number of fused-ring (bicyclic) bond motifs is 3. The molecule has 6 aliphatic rings. The van der Waals surface area contributed by atoms with Gasteiger partial charge in [-0.15, -0.1) is 0 Å². The molecule has 0 radical (unpaired) electrons. The third-order valence-corrected chi connectivity index (χ3v) is 10.7. The molecule has 0 amide bonds. The molecule has 9 nitrogen and oxygen atoms in total. The van der Waals surface area contributed by atoms with Crippen molar-refractivity contribution < 1.29 is 43.5 Å². The van der Waals surface area contributed by atoms with Crippen LogP contribution in [-0.2, 0) is 33.3 Å². The smallest absolute Gasteiger partial charge is 0.340 e. The number of hydrogen-bond donors (Lipinski definition) is 2. The molecule has 10 atom stereocenters. The summed E-state index contributed by atoms with van der Waals surface area (Å²) in [4.78, 5) is 39.7. The Hall–Kier alpha value is -1.81. The molecule has 0 unspecified atom stereocenters. The molecule has 5 fully saturated rings. The van der Waals surface area contributed by atoms with Gasteiger partial charge in [-0.3, -0.25) is 4.79 Å². The summed E-state index contributed by atoms with van der Waals surface area (Å²) in [6, 6.07) is 0. The van der Waals surface area contributed by atoms with Gasteiger partial charge in [0, 0.05) is 23.2 Å². The molecule has 2 N–H and O–H groups in total. The number of esters is 2. The summed E-state index contributed by atoms with van der Waals surface area (Å²) in [6.07, 6.45) is -0.898. The summed E-state index contributed by atoms with van der Waals surface area (Å²) < 4.78 is 23.0. The second-order valence-corrected chi connectivity index (χ2v) is 12.3. The van der Waals surface area contributed by atoms with E-state index in [1.165, 1.54) is 6.08 Å². The number of cyclic esters (lactones) is 2. The van der Waals surface area contributed by atoms with Gasteiger partial charge in [0.05, 0.1) is 16.6 Å². The Bertz CT molecular complexity index is 1080. The van der Waals surface area contributed by atoms with Crippen LogP contribution in [-0.4, -0.2) is 63.4 Å². The third kappa shape index (κ3) is 2.12. The molecule has 0 aromatic heterocycles. The monoisotopic (exact) mass is 476 g/mol. The number of Topliss-reactive ketones (excluding diaryl/α,β-unsaturated/α-hetero) is 1. The van der Waals surface area contributed by atoms with Crippen LogP contribution in [0.25, 0.3) is 0 Å². The maximum atomic E-state index is 14.1. The fourth-order valence-corrected chi connectivity index (χ4v) is 9.09. The molecular weight excluding hydrogens is 444 g/mol. The van der Waals surface area contributed by atoms with E-state index in [-0.39, 0.29) is 29.6 Å². The van der Waals surface area contributed by atoms with Crippen LogP contribution in [0, 0.1) is 28.1 Å². The summed E-state index contributed by atoms with van der Waals surface area (Å²) in [5.74, 6) is -3.44. The Balaban J connectivity index is 1.52. The first-order chi connectivity index (χ1) is 15.6. The molecule has 186 valence electrons. The number of aliphatic hydroxyl groups is 2. The van der Waals surface area contributed by atoms with Gasteiger partial charge >= 0.3 is 11.9 Å². The molecule has 4 aliphatic heterocycles. The minimum absolute atomic E-state index is 0.0285. The van der Waals surface area contributed by atoms with Crippen molar-refractivity contribution in [1.29, 1.82) is 0 Å². The van der Waals surface area contributed by atoms with Crippen molar-refractivity contribution in [2.75, 3.05) is 0 Å². The fourth-order valence-electron chi connectivity index (χ4n) is 9.09. The average molecular weight is 477 g/mol. The van der Waals surface area contributed by atoms with E-state index in [9.17, 15) is 24.6 Å². The second-order valence-electron chi connectivity index (χ2n) is 12.3. The van der Waals surface area contributed by atoms with Crippen LogP contribution in [0.4, 0.5) is 0 Å². The van der Waals surface area contributed by atoms with Gasteiger partial charge in [-0.1, -0.05) is 13.8 Å². The van der Waals surface area contributed by atoms with E-state index in [1.54, 1.807) is 6.92 Å². The van der Waals surface area contributed by atoms with Crippen molar-refractivity contribution >= 4 is 17.7 Å². The number of rotatable bonds is 1.